The van der Waals surface area contributed by atoms with Crippen LogP contribution < -0.4 is 10.6 Å². The van der Waals surface area contributed by atoms with Crippen LogP contribution in [0.5, 0.6) is 0 Å². The molecule has 0 bridgehead atoms. The van der Waals surface area contributed by atoms with Crippen LogP contribution in [0.2, 0.25) is 0 Å². The number of nitrogens with zero attached hydrogens (tertiary/aromatic N) is 4. The summed E-state index contributed by atoms with van der Waals surface area (Å²) in [4.78, 5) is 9.42. The summed E-state index contributed by atoms with van der Waals surface area (Å²) in [6, 6.07) is 24.3. The van der Waals surface area contributed by atoms with E-state index in [2.05, 4.69) is 51.9 Å². The molecule has 6 nitrogen and oxygen atoms in total. The van der Waals surface area contributed by atoms with E-state index in [0.717, 1.165) is 22.3 Å². The molecule has 158 valence electrons. The molecule has 32 heavy (non-hydrogen) atoms. The highest BCUT2D eigenvalue weighted by Gasteiger charge is 2.14. The number of aromatic nitrogens is 4. The first-order chi connectivity index (χ1) is 15.7. The van der Waals surface area contributed by atoms with E-state index in [9.17, 15) is 4.39 Å². The number of benzene rings is 3. The highest BCUT2D eigenvalue weighted by molar-refractivity contribution is 5.90. The summed E-state index contributed by atoms with van der Waals surface area (Å²) >= 11 is 0. The van der Waals surface area contributed by atoms with Crippen LogP contribution in [-0.4, -0.2) is 19.7 Å². The monoisotopic (exact) mass is 424 g/mol. The molecule has 2 aromatic heterocycles. The summed E-state index contributed by atoms with van der Waals surface area (Å²) in [6.07, 6.45) is 1.73. The van der Waals surface area contributed by atoms with Crippen molar-refractivity contribution in [3.8, 4) is 5.69 Å². The standard InChI is InChI=1S/C25H21FN6/c1-17-7-9-18(10-8-17)15-27-25-30-23(29-20-13-11-19(26)12-14-20)22-16-28-32(24(22)31-25)21-5-3-2-4-6-21/h2-14,16H,15H2,1H3,(H2,27,29,30,31). The maximum absolute atomic E-state index is 13.3. The minimum atomic E-state index is -0.291. The fraction of sp³-hybridized carbons (Fsp3) is 0.0800. The zero-order valence-corrected chi connectivity index (χ0v) is 17.5. The normalized spacial score (nSPS) is 10.9. The van der Waals surface area contributed by atoms with Crippen molar-refractivity contribution in [1.82, 2.24) is 19.7 Å². The Balaban J connectivity index is 1.54. The molecule has 0 saturated heterocycles. The van der Waals surface area contributed by atoms with Crippen molar-refractivity contribution in [1.29, 1.82) is 0 Å². The molecule has 0 unspecified atom stereocenters. The number of aryl methyl sites for hydroxylation is 1. The third-order valence-electron chi connectivity index (χ3n) is 5.11. The molecular formula is C25H21FN6. The van der Waals surface area contributed by atoms with Crippen molar-refractivity contribution < 1.29 is 4.39 Å². The molecule has 0 fully saturated rings. The Labute approximate surface area is 184 Å². The van der Waals surface area contributed by atoms with Crippen LogP contribution in [0.3, 0.4) is 0 Å². The van der Waals surface area contributed by atoms with Crippen LogP contribution in [0.25, 0.3) is 16.7 Å². The molecule has 0 amide bonds. The van der Waals surface area contributed by atoms with Crippen LogP contribution in [0.15, 0.2) is 85.1 Å². The Bertz CT molecular complexity index is 1350. The molecule has 2 N–H and O–H groups in total. The second-order valence-corrected chi connectivity index (χ2v) is 7.50. The molecular weight excluding hydrogens is 403 g/mol. The lowest BCUT2D eigenvalue weighted by molar-refractivity contribution is 0.628. The van der Waals surface area contributed by atoms with E-state index in [1.165, 1.54) is 17.7 Å². The third kappa shape index (κ3) is 4.13. The molecule has 0 aliphatic rings. The number of hydrogen-bond donors (Lipinski definition) is 2. The van der Waals surface area contributed by atoms with E-state index < -0.39 is 0 Å². The largest absolute Gasteiger partial charge is 0.350 e. The van der Waals surface area contributed by atoms with Gasteiger partial charge in [-0.05, 0) is 48.9 Å². The second-order valence-electron chi connectivity index (χ2n) is 7.50. The second kappa shape index (κ2) is 8.47. The molecule has 3 aromatic carbocycles. The Morgan fingerprint density at radius 3 is 2.38 bits per heavy atom. The highest BCUT2D eigenvalue weighted by Crippen LogP contribution is 2.27. The summed E-state index contributed by atoms with van der Waals surface area (Å²) in [5.41, 5.74) is 4.64. The van der Waals surface area contributed by atoms with Crippen LogP contribution in [0.1, 0.15) is 11.1 Å². The molecule has 0 spiro atoms. The van der Waals surface area contributed by atoms with E-state index in [1.54, 1.807) is 23.0 Å². The maximum Gasteiger partial charge on any atom is 0.227 e. The van der Waals surface area contributed by atoms with Crippen LogP contribution in [0.4, 0.5) is 21.8 Å². The molecule has 0 atom stereocenters. The fourth-order valence-electron chi connectivity index (χ4n) is 3.40. The van der Waals surface area contributed by atoms with Crippen molar-refractivity contribution in [2.45, 2.75) is 13.5 Å². The van der Waals surface area contributed by atoms with Crippen molar-refractivity contribution >= 4 is 28.5 Å². The van der Waals surface area contributed by atoms with Gasteiger partial charge in [0.2, 0.25) is 5.95 Å². The van der Waals surface area contributed by atoms with Gasteiger partial charge < -0.3 is 10.6 Å². The Kier molecular flexibility index (Phi) is 5.21. The Morgan fingerprint density at radius 2 is 1.62 bits per heavy atom. The van der Waals surface area contributed by atoms with Crippen molar-refractivity contribution in [3.05, 3.63) is 102 Å². The van der Waals surface area contributed by atoms with Gasteiger partial charge in [-0.15, -0.1) is 0 Å². The van der Waals surface area contributed by atoms with Gasteiger partial charge in [0.05, 0.1) is 17.3 Å². The van der Waals surface area contributed by atoms with E-state index in [1.807, 2.05) is 30.3 Å². The number of halogens is 1. The minimum Gasteiger partial charge on any atom is -0.350 e. The molecule has 5 rings (SSSR count). The smallest absolute Gasteiger partial charge is 0.227 e. The number of fused-ring (bicyclic) bond motifs is 1. The molecule has 0 radical (unpaired) electrons. The Hall–Kier alpha value is -4.26. The zero-order valence-electron chi connectivity index (χ0n) is 17.5. The Morgan fingerprint density at radius 1 is 0.875 bits per heavy atom. The quantitative estimate of drug-likeness (QED) is 0.370. The van der Waals surface area contributed by atoms with E-state index >= 15 is 0 Å². The average Bonchev–Trinajstić information content (AvgIpc) is 3.25. The summed E-state index contributed by atoms with van der Waals surface area (Å²) in [5, 5.41) is 11.9. The summed E-state index contributed by atoms with van der Waals surface area (Å²) < 4.78 is 15.1. The number of nitrogens with one attached hydrogen (secondary N) is 2. The maximum atomic E-state index is 13.3. The van der Waals surface area contributed by atoms with E-state index in [-0.39, 0.29) is 5.82 Å². The predicted octanol–water partition coefficient (Wildman–Crippen LogP) is 5.62. The molecule has 5 aromatic rings. The van der Waals surface area contributed by atoms with E-state index in [4.69, 9.17) is 4.98 Å². The summed E-state index contributed by atoms with van der Waals surface area (Å²) in [5.74, 6) is 0.774. The molecule has 7 heteroatoms. The lowest BCUT2D eigenvalue weighted by atomic mass is 10.1. The van der Waals surface area contributed by atoms with Gasteiger partial charge in [-0.1, -0.05) is 48.0 Å². The zero-order chi connectivity index (χ0) is 21.9. The SMILES string of the molecule is Cc1ccc(CNc2nc(Nc3ccc(F)cc3)c3cnn(-c4ccccc4)c3n2)cc1. The minimum absolute atomic E-state index is 0.291. The van der Waals surface area contributed by atoms with Crippen molar-refractivity contribution in [2.24, 2.45) is 0 Å². The van der Waals surface area contributed by atoms with Gasteiger partial charge in [-0.2, -0.15) is 15.1 Å². The first kappa shape index (κ1) is 19.7. The highest BCUT2D eigenvalue weighted by atomic mass is 19.1. The van der Waals surface area contributed by atoms with Gasteiger partial charge in [0.25, 0.3) is 0 Å². The van der Waals surface area contributed by atoms with Crippen LogP contribution in [0, 0.1) is 12.7 Å². The van der Waals surface area contributed by atoms with Crippen LogP contribution >= 0.6 is 0 Å². The average molecular weight is 424 g/mol. The van der Waals surface area contributed by atoms with Gasteiger partial charge in [0.15, 0.2) is 5.65 Å². The first-order valence-corrected chi connectivity index (χ1v) is 10.3. The third-order valence-corrected chi connectivity index (χ3v) is 5.11. The van der Waals surface area contributed by atoms with Gasteiger partial charge in [0.1, 0.15) is 11.6 Å². The summed E-state index contributed by atoms with van der Waals surface area (Å²) in [6.45, 7) is 2.65. The van der Waals surface area contributed by atoms with Gasteiger partial charge in [-0.3, -0.25) is 0 Å². The summed E-state index contributed by atoms with van der Waals surface area (Å²) in [7, 11) is 0. The molecule has 0 saturated carbocycles. The van der Waals surface area contributed by atoms with Crippen LogP contribution in [-0.2, 0) is 6.54 Å². The lowest BCUT2D eigenvalue weighted by Crippen LogP contribution is -2.07. The van der Waals surface area contributed by atoms with Crippen molar-refractivity contribution in [3.63, 3.8) is 0 Å². The number of hydrogen-bond acceptors (Lipinski definition) is 5. The molecule has 0 aliphatic heterocycles. The molecule has 2 heterocycles. The van der Waals surface area contributed by atoms with Gasteiger partial charge in [0, 0.05) is 12.2 Å². The van der Waals surface area contributed by atoms with Gasteiger partial charge >= 0.3 is 0 Å². The number of anilines is 3. The van der Waals surface area contributed by atoms with E-state index in [0.29, 0.717) is 24.0 Å². The molecule has 0 aliphatic carbocycles. The fourth-order valence-corrected chi connectivity index (χ4v) is 3.40. The topological polar surface area (TPSA) is 67.7 Å². The van der Waals surface area contributed by atoms with Gasteiger partial charge in [-0.25, -0.2) is 9.07 Å². The first-order valence-electron chi connectivity index (χ1n) is 10.3. The lowest BCUT2D eigenvalue weighted by Gasteiger charge is -2.11. The number of rotatable bonds is 6. The van der Waals surface area contributed by atoms with Crippen molar-refractivity contribution in [2.75, 3.05) is 10.6 Å². The predicted molar refractivity (Wildman–Crippen MR) is 125 cm³/mol. The number of para-hydroxylation sites is 1.